The van der Waals surface area contributed by atoms with Crippen LogP contribution in [0.15, 0.2) is 24.3 Å². The molecule has 1 amide bonds. The van der Waals surface area contributed by atoms with Gasteiger partial charge >= 0.3 is 0 Å². The molecule has 0 aromatic heterocycles. The summed E-state index contributed by atoms with van der Waals surface area (Å²) < 4.78 is 24.1. The molecule has 1 unspecified atom stereocenters. The van der Waals surface area contributed by atoms with Crippen LogP contribution in [0.3, 0.4) is 0 Å². The Morgan fingerprint density at radius 1 is 1.32 bits per heavy atom. The minimum absolute atomic E-state index is 0.404. The number of nitrogens with one attached hydrogen (secondary N) is 1. The van der Waals surface area contributed by atoms with Crippen molar-refractivity contribution in [2.24, 2.45) is 0 Å². The van der Waals surface area contributed by atoms with E-state index in [4.69, 9.17) is 5.11 Å². The first-order chi connectivity index (χ1) is 9.04. The standard InChI is InChI=1S/C14H19F2NO2/c1-2-3-4-10-5-7-11(8-6-10)14(19)17-9-12(18)13(15)16/h5-8,12-13,18H,2-4,9H2,1H3,(H,17,19). The molecule has 0 fully saturated rings. The molecule has 0 aliphatic rings. The molecule has 0 saturated carbocycles. The van der Waals surface area contributed by atoms with Crippen LogP contribution in [0, 0.1) is 0 Å². The lowest BCUT2D eigenvalue weighted by Gasteiger charge is -2.10. The van der Waals surface area contributed by atoms with Crippen molar-refractivity contribution in [2.45, 2.75) is 38.7 Å². The van der Waals surface area contributed by atoms with Crippen molar-refractivity contribution in [3.05, 3.63) is 35.4 Å². The van der Waals surface area contributed by atoms with Gasteiger partial charge in [0.25, 0.3) is 12.3 Å². The monoisotopic (exact) mass is 271 g/mol. The lowest BCUT2D eigenvalue weighted by Crippen LogP contribution is -2.35. The average molecular weight is 271 g/mol. The van der Waals surface area contributed by atoms with Crippen molar-refractivity contribution in [1.82, 2.24) is 5.32 Å². The molecule has 0 bridgehead atoms. The van der Waals surface area contributed by atoms with E-state index in [0.29, 0.717) is 5.56 Å². The van der Waals surface area contributed by atoms with Gasteiger partial charge in [0.2, 0.25) is 0 Å². The second-order valence-electron chi connectivity index (χ2n) is 4.41. The molecule has 0 aliphatic carbocycles. The van der Waals surface area contributed by atoms with Crippen LogP contribution < -0.4 is 5.32 Å². The second kappa shape index (κ2) is 7.84. The Balaban J connectivity index is 2.48. The molecule has 0 aliphatic heterocycles. The van der Waals surface area contributed by atoms with Gasteiger partial charge in [0.1, 0.15) is 6.10 Å². The number of benzene rings is 1. The summed E-state index contributed by atoms with van der Waals surface area (Å²) in [5, 5.41) is 11.2. The number of carbonyl (C=O) groups is 1. The number of unbranched alkanes of at least 4 members (excludes halogenated alkanes) is 1. The normalized spacial score (nSPS) is 12.5. The Bertz CT molecular complexity index is 393. The first-order valence-electron chi connectivity index (χ1n) is 6.38. The van der Waals surface area contributed by atoms with Crippen LogP contribution in [0.4, 0.5) is 8.78 Å². The topological polar surface area (TPSA) is 49.3 Å². The van der Waals surface area contributed by atoms with Gasteiger partial charge in [-0.3, -0.25) is 4.79 Å². The summed E-state index contributed by atoms with van der Waals surface area (Å²) in [5.41, 5.74) is 1.55. The Hall–Kier alpha value is -1.49. The molecule has 1 rings (SSSR count). The number of alkyl halides is 2. The molecule has 19 heavy (non-hydrogen) atoms. The van der Waals surface area contributed by atoms with Crippen LogP contribution in [0.25, 0.3) is 0 Å². The summed E-state index contributed by atoms with van der Waals surface area (Å²) in [6, 6.07) is 7.03. The van der Waals surface area contributed by atoms with Crippen LogP contribution in [0.5, 0.6) is 0 Å². The molecule has 0 radical (unpaired) electrons. The number of aliphatic hydroxyl groups is 1. The summed E-state index contributed by atoms with van der Waals surface area (Å²) in [5.74, 6) is -0.457. The predicted octanol–water partition coefficient (Wildman–Crippen LogP) is 2.39. The number of aryl methyl sites for hydroxylation is 1. The smallest absolute Gasteiger partial charge is 0.265 e. The van der Waals surface area contributed by atoms with Crippen LogP contribution in [0.1, 0.15) is 35.7 Å². The Labute approximate surface area is 111 Å². The molecule has 1 aromatic rings. The number of amides is 1. The Morgan fingerprint density at radius 2 is 1.95 bits per heavy atom. The van der Waals surface area contributed by atoms with Gasteiger partial charge < -0.3 is 10.4 Å². The van der Waals surface area contributed by atoms with Crippen LogP contribution >= 0.6 is 0 Å². The molecular weight excluding hydrogens is 252 g/mol. The van der Waals surface area contributed by atoms with E-state index in [1.54, 1.807) is 12.1 Å². The van der Waals surface area contributed by atoms with Crippen molar-refractivity contribution in [3.63, 3.8) is 0 Å². The molecular formula is C14H19F2NO2. The highest BCUT2D eigenvalue weighted by Gasteiger charge is 2.17. The van der Waals surface area contributed by atoms with Crippen LogP contribution in [-0.4, -0.2) is 30.1 Å². The lowest BCUT2D eigenvalue weighted by molar-refractivity contribution is -0.00270. The van der Waals surface area contributed by atoms with E-state index >= 15 is 0 Å². The summed E-state index contributed by atoms with van der Waals surface area (Å²) in [7, 11) is 0. The van der Waals surface area contributed by atoms with E-state index in [-0.39, 0.29) is 0 Å². The highest BCUT2D eigenvalue weighted by atomic mass is 19.3. The largest absolute Gasteiger partial charge is 0.385 e. The van der Waals surface area contributed by atoms with Crippen molar-refractivity contribution in [3.8, 4) is 0 Å². The van der Waals surface area contributed by atoms with Crippen molar-refractivity contribution < 1.29 is 18.7 Å². The van der Waals surface area contributed by atoms with Gasteiger partial charge in [-0.25, -0.2) is 8.78 Å². The minimum Gasteiger partial charge on any atom is -0.385 e. The fourth-order valence-corrected chi connectivity index (χ4v) is 1.59. The molecule has 3 nitrogen and oxygen atoms in total. The van der Waals surface area contributed by atoms with E-state index in [2.05, 4.69) is 12.2 Å². The van der Waals surface area contributed by atoms with E-state index < -0.39 is 25.0 Å². The SMILES string of the molecule is CCCCc1ccc(C(=O)NCC(O)C(F)F)cc1. The zero-order valence-electron chi connectivity index (χ0n) is 10.9. The molecule has 1 aromatic carbocycles. The highest BCUT2D eigenvalue weighted by Crippen LogP contribution is 2.08. The van der Waals surface area contributed by atoms with Gasteiger partial charge in [-0.15, -0.1) is 0 Å². The Kier molecular flexibility index (Phi) is 6.42. The zero-order chi connectivity index (χ0) is 14.3. The molecule has 106 valence electrons. The molecule has 5 heteroatoms. The molecule has 2 N–H and O–H groups in total. The predicted molar refractivity (Wildman–Crippen MR) is 69.4 cm³/mol. The third kappa shape index (κ3) is 5.34. The fraction of sp³-hybridized carbons (Fsp3) is 0.500. The van der Waals surface area contributed by atoms with Gasteiger partial charge in [-0.1, -0.05) is 25.5 Å². The van der Waals surface area contributed by atoms with Gasteiger partial charge in [0, 0.05) is 12.1 Å². The van der Waals surface area contributed by atoms with E-state index in [0.717, 1.165) is 24.8 Å². The first-order valence-corrected chi connectivity index (χ1v) is 6.38. The highest BCUT2D eigenvalue weighted by molar-refractivity contribution is 5.94. The molecule has 0 heterocycles. The van der Waals surface area contributed by atoms with Crippen molar-refractivity contribution >= 4 is 5.91 Å². The number of hydrogen-bond acceptors (Lipinski definition) is 2. The van der Waals surface area contributed by atoms with E-state index in [1.165, 1.54) is 0 Å². The third-order valence-electron chi connectivity index (χ3n) is 2.80. The Morgan fingerprint density at radius 3 is 2.47 bits per heavy atom. The number of halogens is 2. The second-order valence-corrected chi connectivity index (χ2v) is 4.41. The van der Waals surface area contributed by atoms with Gasteiger partial charge in [-0.2, -0.15) is 0 Å². The number of hydrogen-bond donors (Lipinski definition) is 2. The van der Waals surface area contributed by atoms with Crippen LogP contribution in [-0.2, 0) is 6.42 Å². The first kappa shape index (κ1) is 15.6. The van der Waals surface area contributed by atoms with Crippen LogP contribution in [0.2, 0.25) is 0 Å². The average Bonchev–Trinajstić information content (AvgIpc) is 2.42. The minimum atomic E-state index is -2.85. The summed E-state index contributed by atoms with van der Waals surface area (Å²) in [6.07, 6.45) is -1.52. The van der Waals surface area contributed by atoms with E-state index in [9.17, 15) is 13.6 Å². The fourth-order valence-electron chi connectivity index (χ4n) is 1.59. The summed E-state index contributed by atoms with van der Waals surface area (Å²) >= 11 is 0. The zero-order valence-corrected chi connectivity index (χ0v) is 10.9. The third-order valence-corrected chi connectivity index (χ3v) is 2.80. The van der Waals surface area contributed by atoms with Crippen molar-refractivity contribution in [1.29, 1.82) is 0 Å². The maximum Gasteiger partial charge on any atom is 0.265 e. The summed E-state index contributed by atoms with van der Waals surface area (Å²) in [4.78, 5) is 11.6. The maximum atomic E-state index is 12.1. The molecule has 0 saturated heterocycles. The molecule has 0 spiro atoms. The van der Waals surface area contributed by atoms with E-state index in [1.807, 2.05) is 12.1 Å². The maximum absolute atomic E-state index is 12.1. The lowest BCUT2D eigenvalue weighted by atomic mass is 10.1. The van der Waals surface area contributed by atoms with Gasteiger partial charge in [0.05, 0.1) is 0 Å². The molecule has 1 atom stereocenters. The van der Waals surface area contributed by atoms with Gasteiger partial charge in [-0.05, 0) is 30.5 Å². The number of rotatable bonds is 7. The van der Waals surface area contributed by atoms with Crippen molar-refractivity contribution in [2.75, 3.05) is 6.54 Å². The quantitative estimate of drug-likeness (QED) is 0.800. The number of aliphatic hydroxyl groups excluding tert-OH is 1. The number of carbonyl (C=O) groups excluding carboxylic acids is 1. The summed E-state index contributed by atoms with van der Waals surface area (Å²) in [6.45, 7) is 1.66. The van der Waals surface area contributed by atoms with Gasteiger partial charge in [0.15, 0.2) is 0 Å².